The molecule has 1 saturated heterocycles. The standard InChI is InChI=1S/C17H33N3O.HI/c1-3-5-13-21-14-7-11-19-16(18-4-2)20-12-10-17(15-20)8-6-9-17;/h3-15H2,1-2H3,(H,18,19);1H. The van der Waals surface area contributed by atoms with Crippen LogP contribution in [0.5, 0.6) is 0 Å². The lowest BCUT2D eigenvalue weighted by molar-refractivity contribution is 0.130. The highest BCUT2D eigenvalue weighted by molar-refractivity contribution is 14.0. The SMILES string of the molecule is CCCCOCCCN=C(NCC)N1CCC2(CCC2)C1.I. The van der Waals surface area contributed by atoms with E-state index in [1.807, 2.05) is 0 Å². The van der Waals surface area contributed by atoms with E-state index in [9.17, 15) is 0 Å². The van der Waals surface area contributed by atoms with Crippen molar-refractivity contribution in [2.45, 2.75) is 58.8 Å². The molecule has 0 atom stereocenters. The first-order chi connectivity index (χ1) is 10.3. The summed E-state index contributed by atoms with van der Waals surface area (Å²) in [5, 5.41) is 3.46. The molecule has 1 heterocycles. The van der Waals surface area contributed by atoms with Crippen LogP contribution in [0.3, 0.4) is 0 Å². The zero-order valence-electron chi connectivity index (χ0n) is 14.4. The zero-order valence-corrected chi connectivity index (χ0v) is 16.7. The molecule has 0 radical (unpaired) electrons. The Hall–Kier alpha value is -0.0400. The molecule has 1 aliphatic carbocycles. The Morgan fingerprint density at radius 1 is 1.18 bits per heavy atom. The summed E-state index contributed by atoms with van der Waals surface area (Å²) in [6.45, 7) is 10.3. The van der Waals surface area contributed by atoms with E-state index in [1.165, 1.54) is 51.6 Å². The smallest absolute Gasteiger partial charge is 0.193 e. The number of nitrogens with zero attached hydrogens (tertiary/aromatic N) is 2. The van der Waals surface area contributed by atoms with Crippen molar-refractivity contribution in [2.24, 2.45) is 10.4 Å². The van der Waals surface area contributed by atoms with E-state index in [4.69, 9.17) is 9.73 Å². The van der Waals surface area contributed by atoms with Crippen LogP contribution in [0.2, 0.25) is 0 Å². The van der Waals surface area contributed by atoms with Crippen LogP contribution in [0.15, 0.2) is 4.99 Å². The minimum absolute atomic E-state index is 0. The molecule has 1 aliphatic heterocycles. The van der Waals surface area contributed by atoms with E-state index >= 15 is 0 Å². The van der Waals surface area contributed by atoms with E-state index in [0.717, 1.165) is 38.7 Å². The summed E-state index contributed by atoms with van der Waals surface area (Å²) >= 11 is 0. The second-order valence-electron chi connectivity index (χ2n) is 6.58. The number of hydrogen-bond acceptors (Lipinski definition) is 2. The minimum atomic E-state index is 0. The normalized spacial score (nSPS) is 19.9. The number of hydrogen-bond donors (Lipinski definition) is 1. The van der Waals surface area contributed by atoms with Gasteiger partial charge in [-0.2, -0.15) is 0 Å². The third-order valence-corrected chi connectivity index (χ3v) is 4.84. The van der Waals surface area contributed by atoms with Crippen LogP contribution in [0.4, 0.5) is 0 Å². The average Bonchev–Trinajstić information content (AvgIpc) is 2.91. The molecule has 0 amide bonds. The van der Waals surface area contributed by atoms with Crippen LogP contribution in [0, 0.1) is 5.41 Å². The quantitative estimate of drug-likeness (QED) is 0.280. The fraction of sp³-hybridized carbons (Fsp3) is 0.941. The minimum Gasteiger partial charge on any atom is -0.381 e. The molecule has 22 heavy (non-hydrogen) atoms. The van der Waals surface area contributed by atoms with Crippen molar-refractivity contribution in [2.75, 3.05) is 39.4 Å². The number of unbranched alkanes of at least 4 members (excludes halogenated alkanes) is 1. The molecule has 2 aliphatic rings. The number of nitrogens with one attached hydrogen (secondary N) is 1. The average molecular weight is 423 g/mol. The van der Waals surface area contributed by atoms with Crippen molar-refractivity contribution in [3.05, 3.63) is 0 Å². The molecule has 2 fully saturated rings. The van der Waals surface area contributed by atoms with Gasteiger partial charge in [-0.15, -0.1) is 24.0 Å². The molecule has 1 N–H and O–H groups in total. The van der Waals surface area contributed by atoms with Gasteiger partial charge in [0.2, 0.25) is 0 Å². The van der Waals surface area contributed by atoms with E-state index in [0.29, 0.717) is 5.41 Å². The van der Waals surface area contributed by atoms with Crippen molar-refractivity contribution in [3.63, 3.8) is 0 Å². The lowest BCUT2D eigenvalue weighted by Gasteiger charge is -2.38. The predicted molar refractivity (Wildman–Crippen MR) is 104 cm³/mol. The fourth-order valence-corrected chi connectivity index (χ4v) is 3.33. The second-order valence-corrected chi connectivity index (χ2v) is 6.58. The van der Waals surface area contributed by atoms with E-state index < -0.39 is 0 Å². The number of ether oxygens (including phenoxy) is 1. The van der Waals surface area contributed by atoms with E-state index in [-0.39, 0.29) is 24.0 Å². The summed E-state index contributed by atoms with van der Waals surface area (Å²) in [6.07, 6.45) is 9.04. The van der Waals surface area contributed by atoms with Crippen LogP contribution in [-0.2, 0) is 4.74 Å². The Labute approximate surface area is 153 Å². The summed E-state index contributed by atoms with van der Waals surface area (Å²) in [5.41, 5.74) is 0.638. The predicted octanol–water partition coefficient (Wildman–Crippen LogP) is 3.65. The zero-order chi connectivity index (χ0) is 15.0. The van der Waals surface area contributed by atoms with Gasteiger partial charge in [0.25, 0.3) is 0 Å². The molecule has 0 aromatic rings. The Morgan fingerprint density at radius 3 is 2.55 bits per heavy atom. The van der Waals surface area contributed by atoms with Crippen molar-refractivity contribution in [1.82, 2.24) is 10.2 Å². The Balaban J connectivity index is 0.00000242. The van der Waals surface area contributed by atoms with Crippen LogP contribution >= 0.6 is 24.0 Å². The molecule has 5 heteroatoms. The van der Waals surface area contributed by atoms with E-state index in [1.54, 1.807) is 0 Å². The maximum Gasteiger partial charge on any atom is 0.193 e. The molecular formula is C17H34IN3O. The maximum atomic E-state index is 5.60. The molecule has 0 aromatic carbocycles. The van der Waals surface area contributed by atoms with Gasteiger partial charge in [0.15, 0.2) is 5.96 Å². The molecule has 0 aromatic heterocycles. The van der Waals surface area contributed by atoms with Crippen LogP contribution in [0.25, 0.3) is 0 Å². The summed E-state index contributed by atoms with van der Waals surface area (Å²) in [7, 11) is 0. The number of halogens is 1. The fourth-order valence-electron chi connectivity index (χ4n) is 3.33. The molecule has 130 valence electrons. The summed E-state index contributed by atoms with van der Waals surface area (Å²) in [5.74, 6) is 1.12. The Bertz CT molecular complexity index is 332. The number of likely N-dealkylation sites (tertiary alicyclic amines) is 1. The number of rotatable bonds is 8. The van der Waals surface area contributed by atoms with Gasteiger partial charge in [0.1, 0.15) is 0 Å². The number of guanidine groups is 1. The number of aliphatic imine (C=N–C) groups is 1. The largest absolute Gasteiger partial charge is 0.381 e. The van der Waals surface area contributed by atoms with Gasteiger partial charge in [-0.3, -0.25) is 4.99 Å². The lowest BCUT2D eigenvalue weighted by atomic mass is 9.68. The first-order valence-electron chi connectivity index (χ1n) is 8.91. The van der Waals surface area contributed by atoms with Gasteiger partial charge in [-0.1, -0.05) is 19.8 Å². The van der Waals surface area contributed by atoms with Crippen molar-refractivity contribution >= 4 is 29.9 Å². The van der Waals surface area contributed by atoms with Crippen molar-refractivity contribution in [3.8, 4) is 0 Å². The highest BCUT2D eigenvalue weighted by atomic mass is 127. The van der Waals surface area contributed by atoms with Crippen molar-refractivity contribution in [1.29, 1.82) is 0 Å². The summed E-state index contributed by atoms with van der Waals surface area (Å²) < 4.78 is 5.60. The van der Waals surface area contributed by atoms with Gasteiger partial charge >= 0.3 is 0 Å². The second kappa shape index (κ2) is 10.7. The molecule has 1 spiro atoms. The Morgan fingerprint density at radius 2 is 1.95 bits per heavy atom. The summed E-state index contributed by atoms with van der Waals surface area (Å²) in [4.78, 5) is 7.26. The first-order valence-corrected chi connectivity index (χ1v) is 8.91. The lowest BCUT2D eigenvalue weighted by Crippen LogP contribution is -2.42. The molecule has 1 saturated carbocycles. The maximum absolute atomic E-state index is 5.60. The molecule has 4 nitrogen and oxygen atoms in total. The molecule has 0 bridgehead atoms. The van der Waals surface area contributed by atoms with Gasteiger partial charge in [0.05, 0.1) is 0 Å². The monoisotopic (exact) mass is 423 g/mol. The molecular weight excluding hydrogens is 389 g/mol. The van der Waals surface area contributed by atoms with Gasteiger partial charge < -0.3 is 15.0 Å². The van der Waals surface area contributed by atoms with Crippen LogP contribution in [-0.4, -0.2) is 50.3 Å². The first kappa shape index (κ1) is 20.0. The third-order valence-electron chi connectivity index (χ3n) is 4.84. The van der Waals surface area contributed by atoms with Crippen LogP contribution < -0.4 is 5.32 Å². The van der Waals surface area contributed by atoms with E-state index in [2.05, 4.69) is 24.1 Å². The van der Waals surface area contributed by atoms with Gasteiger partial charge in [-0.25, -0.2) is 0 Å². The van der Waals surface area contributed by atoms with Crippen molar-refractivity contribution < 1.29 is 4.74 Å². The van der Waals surface area contributed by atoms with Gasteiger partial charge in [0, 0.05) is 39.4 Å². The Kier molecular flexibility index (Phi) is 9.71. The summed E-state index contributed by atoms with van der Waals surface area (Å²) in [6, 6.07) is 0. The highest BCUT2D eigenvalue weighted by Gasteiger charge is 2.43. The topological polar surface area (TPSA) is 36.9 Å². The molecule has 2 rings (SSSR count). The van der Waals surface area contributed by atoms with Gasteiger partial charge in [-0.05, 0) is 44.4 Å². The molecule has 0 unspecified atom stereocenters. The third kappa shape index (κ3) is 5.87. The highest BCUT2D eigenvalue weighted by Crippen LogP contribution is 2.47. The van der Waals surface area contributed by atoms with Crippen LogP contribution in [0.1, 0.15) is 58.8 Å².